The van der Waals surface area contributed by atoms with Crippen LogP contribution in [0, 0.1) is 5.92 Å². The first-order chi connectivity index (χ1) is 7.15. The van der Waals surface area contributed by atoms with Gasteiger partial charge in [0.1, 0.15) is 0 Å². The highest BCUT2D eigenvalue weighted by molar-refractivity contribution is 5.15. The van der Waals surface area contributed by atoms with Crippen LogP contribution < -0.4 is 5.73 Å². The first kappa shape index (κ1) is 12.3. The molecular formula is C12H22N2O. The number of aryl methyl sites for hydroxylation is 1. The average molecular weight is 210 g/mol. The molecule has 0 aromatic carbocycles. The summed E-state index contributed by atoms with van der Waals surface area (Å²) >= 11 is 0. The number of aromatic nitrogens is 1. The lowest BCUT2D eigenvalue weighted by atomic mass is 10.00. The van der Waals surface area contributed by atoms with E-state index in [0.29, 0.717) is 5.92 Å². The summed E-state index contributed by atoms with van der Waals surface area (Å²) < 4.78 is 7.20. The number of rotatable bonds is 6. The van der Waals surface area contributed by atoms with E-state index < -0.39 is 0 Å². The van der Waals surface area contributed by atoms with E-state index in [0.717, 1.165) is 19.6 Å². The molecule has 0 radical (unpaired) electrons. The first-order valence-corrected chi connectivity index (χ1v) is 5.55. The predicted molar refractivity (Wildman–Crippen MR) is 62.7 cm³/mol. The number of hydrogen-bond acceptors (Lipinski definition) is 2. The topological polar surface area (TPSA) is 40.2 Å². The number of methoxy groups -OCH3 is 1. The molecule has 0 saturated carbocycles. The Morgan fingerprint density at radius 1 is 1.47 bits per heavy atom. The van der Waals surface area contributed by atoms with Crippen LogP contribution >= 0.6 is 0 Å². The van der Waals surface area contributed by atoms with Gasteiger partial charge in [0, 0.05) is 38.7 Å². The second-order valence-electron chi connectivity index (χ2n) is 4.30. The lowest BCUT2D eigenvalue weighted by molar-refractivity contribution is 0.190. The van der Waals surface area contributed by atoms with Crippen LogP contribution in [0.15, 0.2) is 18.5 Å². The van der Waals surface area contributed by atoms with Gasteiger partial charge in [0.2, 0.25) is 0 Å². The average Bonchev–Trinajstić information content (AvgIpc) is 2.65. The van der Waals surface area contributed by atoms with Crippen LogP contribution in [0.2, 0.25) is 0 Å². The molecule has 3 heteroatoms. The summed E-state index contributed by atoms with van der Waals surface area (Å²) in [6.07, 6.45) is 5.27. The monoisotopic (exact) mass is 210 g/mol. The quantitative estimate of drug-likeness (QED) is 0.731. The fourth-order valence-electron chi connectivity index (χ4n) is 1.57. The zero-order chi connectivity index (χ0) is 11.3. The number of nitrogens with zero attached hydrogens (tertiary/aromatic N) is 1. The highest BCUT2D eigenvalue weighted by Crippen LogP contribution is 2.18. The van der Waals surface area contributed by atoms with E-state index >= 15 is 0 Å². The molecule has 0 amide bonds. The fraction of sp³-hybridized carbons (Fsp3) is 0.667. The normalized spacial score (nSPS) is 13.4. The van der Waals surface area contributed by atoms with E-state index in [-0.39, 0.29) is 6.04 Å². The SMILES string of the molecule is COCCCn1ccc(C(N)C(C)C)c1. The van der Waals surface area contributed by atoms with Gasteiger partial charge in [-0.25, -0.2) is 0 Å². The molecule has 1 aromatic heterocycles. The Balaban J connectivity index is 2.48. The number of ether oxygens (including phenoxy) is 1. The second kappa shape index (κ2) is 5.93. The van der Waals surface area contributed by atoms with Crippen molar-refractivity contribution in [1.82, 2.24) is 4.57 Å². The molecular weight excluding hydrogens is 188 g/mol. The van der Waals surface area contributed by atoms with E-state index in [1.807, 2.05) is 0 Å². The largest absolute Gasteiger partial charge is 0.385 e. The lowest BCUT2D eigenvalue weighted by Crippen LogP contribution is -2.15. The maximum atomic E-state index is 6.07. The summed E-state index contributed by atoms with van der Waals surface area (Å²) in [6.45, 7) is 6.10. The van der Waals surface area contributed by atoms with Crippen molar-refractivity contribution in [3.8, 4) is 0 Å². The van der Waals surface area contributed by atoms with Crippen molar-refractivity contribution in [2.24, 2.45) is 11.7 Å². The third kappa shape index (κ3) is 3.68. The van der Waals surface area contributed by atoms with E-state index in [9.17, 15) is 0 Å². The van der Waals surface area contributed by atoms with Gasteiger partial charge in [0.25, 0.3) is 0 Å². The molecule has 0 aliphatic carbocycles. The molecule has 1 unspecified atom stereocenters. The van der Waals surface area contributed by atoms with Crippen molar-refractivity contribution < 1.29 is 4.74 Å². The third-order valence-electron chi connectivity index (χ3n) is 2.64. The Hall–Kier alpha value is -0.800. The Morgan fingerprint density at radius 2 is 2.20 bits per heavy atom. The molecule has 3 nitrogen and oxygen atoms in total. The van der Waals surface area contributed by atoms with E-state index in [1.165, 1.54) is 5.56 Å². The highest BCUT2D eigenvalue weighted by Gasteiger charge is 2.11. The van der Waals surface area contributed by atoms with Crippen LogP contribution in [0.1, 0.15) is 31.9 Å². The van der Waals surface area contributed by atoms with E-state index in [2.05, 4.69) is 36.9 Å². The molecule has 0 spiro atoms. The maximum absolute atomic E-state index is 6.07. The molecule has 0 fully saturated rings. The molecule has 0 aliphatic heterocycles. The highest BCUT2D eigenvalue weighted by atomic mass is 16.5. The third-order valence-corrected chi connectivity index (χ3v) is 2.64. The van der Waals surface area contributed by atoms with Crippen molar-refractivity contribution >= 4 is 0 Å². The van der Waals surface area contributed by atoms with Gasteiger partial charge in [0.15, 0.2) is 0 Å². The molecule has 0 bridgehead atoms. The summed E-state index contributed by atoms with van der Waals surface area (Å²) in [5, 5.41) is 0. The van der Waals surface area contributed by atoms with Gasteiger partial charge in [-0.15, -0.1) is 0 Å². The van der Waals surface area contributed by atoms with Crippen LogP contribution in [-0.4, -0.2) is 18.3 Å². The molecule has 15 heavy (non-hydrogen) atoms. The zero-order valence-corrected chi connectivity index (χ0v) is 9.94. The zero-order valence-electron chi connectivity index (χ0n) is 9.94. The summed E-state index contributed by atoms with van der Waals surface area (Å²) in [6, 6.07) is 2.26. The fourth-order valence-corrected chi connectivity index (χ4v) is 1.57. The molecule has 0 aliphatic rings. The van der Waals surface area contributed by atoms with Crippen molar-refractivity contribution in [2.45, 2.75) is 32.9 Å². The number of hydrogen-bond donors (Lipinski definition) is 1. The van der Waals surface area contributed by atoms with Crippen LogP contribution in [0.4, 0.5) is 0 Å². The van der Waals surface area contributed by atoms with Gasteiger partial charge < -0.3 is 15.0 Å². The summed E-state index contributed by atoms with van der Waals surface area (Å²) in [4.78, 5) is 0. The molecule has 1 atom stereocenters. The van der Waals surface area contributed by atoms with Crippen LogP contribution in [0.5, 0.6) is 0 Å². The molecule has 86 valence electrons. The van der Waals surface area contributed by atoms with Gasteiger partial charge in [-0.05, 0) is 24.0 Å². The predicted octanol–water partition coefficient (Wildman–Crippen LogP) is 2.18. The second-order valence-corrected chi connectivity index (χ2v) is 4.30. The smallest absolute Gasteiger partial charge is 0.0479 e. The minimum atomic E-state index is 0.147. The molecule has 1 aromatic rings. The first-order valence-electron chi connectivity index (χ1n) is 5.55. The van der Waals surface area contributed by atoms with Gasteiger partial charge in [0.05, 0.1) is 0 Å². The lowest BCUT2D eigenvalue weighted by Gasteiger charge is -2.13. The van der Waals surface area contributed by atoms with Gasteiger partial charge in [-0.1, -0.05) is 13.8 Å². The summed E-state index contributed by atoms with van der Waals surface area (Å²) in [5.41, 5.74) is 7.29. The Morgan fingerprint density at radius 3 is 2.80 bits per heavy atom. The van der Waals surface area contributed by atoms with Crippen molar-refractivity contribution in [2.75, 3.05) is 13.7 Å². The molecule has 1 rings (SSSR count). The Labute approximate surface area is 92.2 Å². The Bertz CT molecular complexity index is 281. The van der Waals surface area contributed by atoms with Gasteiger partial charge in [-0.2, -0.15) is 0 Å². The summed E-state index contributed by atoms with van der Waals surface area (Å²) in [7, 11) is 1.73. The summed E-state index contributed by atoms with van der Waals surface area (Å²) in [5.74, 6) is 0.486. The van der Waals surface area contributed by atoms with Gasteiger partial charge >= 0.3 is 0 Å². The van der Waals surface area contributed by atoms with E-state index in [1.54, 1.807) is 7.11 Å². The van der Waals surface area contributed by atoms with E-state index in [4.69, 9.17) is 10.5 Å². The standard InChI is InChI=1S/C12H22N2O/c1-10(2)12(13)11-5-7-14(9-11)6-4-8-15-3/h5,7,9-10,12H,4,6,8,13H2,1-3H3. The number of nitrogens with two attached hydrogens (primary N) is 1. The van der Waals surface area contributed by atoms with Crippen LogP contribution in [0.25, 0.3) is 0 Å². The van der Waals surface area contributed by atoms with Crippen molar-refractivity contribution in [1.29, 1.82) is 0 Å². The molecule has 1 heterocycles. The van der Waals surface area contributed by atoms with Crippen molar-refractivity contribution in [3.63, 3.8) is 0 Å². The minimum Gasteiger partial charge on any atom is -0.385 e. The molecule has 0 saturated heterocycles. The van der Waals surface area contributed by atoms with Gasteiger partial charge in [-0.3, -0.25) is 0 Å². The van der Waals surface area contributed by atoms with Crippen LogP contribution in [0.3, 0.4) is 0 Å². The van der Waals surface area contributed by atoms with Crippen molar-refractivity contribution in [3.05, 3.63) is 24.0 Å². The minimum absolute atomic E-state index is 0.147. The maximum Gasteiger partial charge on any atom is 0.0479 e. The molecule has 2 N–H and O–H groups in total. The Kier molecular flexibility index (Phi) is 4.85. The van der Waals surface area contributed by atoms with Crippen LogP contribution in [-0.2, 0) is 11.3 Å².